The van der Waals surface area contributed by atoms with E-state index < -0.39 is 24.0 Å². The molecule has 0 fully saturated rings. The number of amides is 1. The number of benzene rings is 1. The number of hydrogen-bond acceptors (Lipinski definition) is 6. The van der Waals surface area contributed by atoms with Gasteiger partial charge in [-0.3, -0.25) is 19.5 Å². The van der Waals surface area contributed by atoms with Gasteiger partial charge in [-0.05, 0) is 32.9 Å². The van der Waals surface area contributed by atoms with Crippen LogP contribution in [0.3, 0.4) is 0 Å². The maximum absolute atomic E-state index is 12.5. The number of fused-ring (bicyclic) bond motifs is 1. The van der Waals surface area contributed by atoms with E-state index in [0.717, 1.165) is 5.39 Å². The molecule has 0 aliphatic rings. The van der Waals surface area contributed by atoms with E-state index in [1.807, 2.05) is 12.1 Å². The van der Waals surface area contributed by atoms with Gasteiger partial charge in [0.15, 0.2) is 0 Å². The van der Waals surface area contributed by atoms with Crippen LogP contribution in [0.4, 0.5) is 5.69 Å². The molecule has 1 heterocycles. The van der Waals surface area contributed by atoms with Gasteiger partial charge in [-0.15, -0.1) is 0 Å². The van der Waals surface area contributed by atoms with E-state index in [9.17, 15) is 14.4 Å². The average molecular weight is 341 g/mol. The van der Waals surface area contributed by atoms with Crippen LogP contribution < -0.4 is 4.90 Å². The number of carbonyl (C=O) groups excluding carboxylic acids is 3. The molecule has 0 aliphatic carbocycles. The van der Waals surface area contributed by atoms with Gasteiger partial charge in [0.25, 0.3) is 0 Å². The average Bonchev–Trinajstić information content (AvgIpc) is 2.55. The summed E-state index contributed by atoms with van der Waals surface area (Å²) in [6.07, 6.45) is 2.93. The Kier molecular flexibility index (Phi) is 5.62. The fraction of sp³-hybridized carbons (Fsp3) is 0.333. The fourth-order valence-electron chi connectivity index (χ4n) is 2.30. The summed E-state index contributed by atoms with van der Waals surface area (Å²) < 4.78 is 5.30. The number of pyridine rings is 1. The maximum Gasteiger partial charge on any atom is 0.326 e. The smallest absolute Gasteiger partial charge is 0.326 e. The van der Waals surface area contributed by atoms with Crippen molar-refractivity contribution < 1.29 is 19.1 Å². The van der Waals surface area contributed by atoms with Gasteiger partial charge in [0, 0.05) is 11.6 Å². The van der Waals surface area contributed by atoms with Crippen LogP contribution in [0, 0.1) is 0 Å². The van der Waals surface area contributed by atoms with Crippen LogP contribution in [-0.4, -0.2) is 41.6 Å². The lowest BCUT2D eigenvalue weighted by atomic mass is 10.1. The molecule has 1 amide bonds. The van der Waals surface area contributed by atoms with Crippen LogP contribution in [0.2, 0.25) is 0 Å². The van der Waals surface area contributed by atoms with Gasteiger partial charge in [-0.25, -0.2) is 4.79 Å². The zero-order valence-corrected chi connectivity index (χ0v) is 14.4. The van der Waals surface area contributed by atoms with Crippen molar-refractivity contribution >= 4 is 34.5 Å². The van der Waals surface area contributed by atoms with Gasteiger partial charge in [0.05, 0.1) is 11.2 Å². The van der Waals surface area contributed by atoms with E-state index in [1.54, 1.807) is 45.2 Å². The number of ether oxygens (including phenoxy) is 1. The zero-order valence-electron chi connectivity index (χ0n) is 14.4. The zero-order chi connectivity index (χ0) is 18.4. The molecule has 0 saturated heterocycles. The minimum atomic E-state index is -0.677. The van der Waals surface area contributed by atoms with Crippen LogP contribution in [-0.2, 0) is 19.1 Å². The molecule has 0 atom stereocenters. The molecule has 0 unspecified atom stereocenters. The summed E-state index contributed by atoms with van der Waals surface area (Å²) in [5.74, 6) is -1.09. The van der Waals surface area contributed by atoms with Crippen molar-refractivity contribution in [2.24, 2.45) is 4.99 Å². The molecule has 0 aliphatic heterocycles. The minimum Gasteiger partial charge on any atom is -0.459 e. The second kappa shape index (κ2) is 7.68. The summed E-state index contributed by atoms with van der Waals surface area (Å²) in [6.45, 7) is 4.52. The van der Waals surface area contributed by atoms with E-state index in [2.05, 4.69) is 9.98 Å². The lowest BCUT2D eigenvalue weighted by Crippen LogP contribution is -2.40. The first-order valence-electron chi connectivity index (χ1n) is 7.71. The summed E-state index contributed by atoms with van der Waals surface area (Å²) >= 11 is 0. The topological polar surface area (TPSA) is 88.9 Å². The van der Waals surface area contributed by atoms with Crippen LogP contribution >= 0.6 is 0 Å². The standard InChI is InChI=1S/C18H19N3O4/c1-18(2,3)25-16(24)11-21(15(23)10-19-12-22)14-8-4-6-13-7-5-9-20-17(13)14/h4-9H,10-11H2,1-3H3. The van der Waals surface area contributed by atoms with Crippen molar-refractivity contribution in [1.29, 1.82) is 0 Å². The second-order valence-corrected chi connectivity index (χ2v) is 6.33. The van der Waals surface area contributed by atoms with Gasteiger partial charge in [0.1, 0.15) is 18.7 Å². The van der Waals surface area contributed by atoms with Crippen molar-refractivity contribution in [3.8, 4) is 0 Å². The Balaban J connectivity index is 2.41. The number of carbonyl (C=O) groups is 2. The SMILES string of the molecule is CC(C)(C)OC(=O)CN(C(=O)CN=C=O)c1cccc2cccnc12. The molecule has 0 N–H and O–H groups in total. The highest BCUT2D eigenvalue weighted by molar-refractivity contribution is 6.05. The lowest BCUT2D eigenvalue weighted by Gasteiger charge is -2.25. The molecular weight excluding hydrogens is 322 g/mol. The predicted molar refractivity (Wildman–Crippen MR) is 92.9 cm³/mol. The lowest BCUT2D eigenvalue weighted by molar-refractivity contribution is -0.153. The highest BCUT2D eigenvalue weighted by Gasteiger charge is 2.24. The molecule has 1 aromatic heterocycles. The number of hydrogen-bond donors (Lipinski definition) is 0. The summed E-state index contributed by atoms with van der Waals surface area (Å²) in [4.78, 5) is 43.8. The molecular formula is C18H19N3O4. The van der Waals surface area contributed by atoms with Crippen molar-refractivity contribution in [2.75, 3.05) is 18.0 Å². The highest BCUT2D eigenvalue weighted by Crippen LogP contribution is 2.25. The molecule has 7 heteroatoms. The molecule has 0 bridgehead atoms. The Hall–Kier alpha value is -3.05. The summed E-state index contributed by atoms with van der Waals surface area (Å²) in [7, 11) is 0. The number of nitrogens with zero attached hydrogens (tertiary/aromatic N) is 3. The molecule has 2 aromatic rings. The van der Waals surface area contributed by atoms with Crippen molar-refractivity contribution in [1.82, 2.24) is 4.98 Å². The van der Waals surface area contributed by atoms with Crippen molar-refractivity contribution in [2.45, 2.75) is 26.4 Å². The van der Waals surface area contributed by atoms with E-state index in [1.165, 1.54) is 11.0 Å². The number of isocyanates is 1. The molecule has 2 rings (SSSR count). The third-order valence-electron chi connectivity index (χ3n) is 3.19. The molecule has 0 saturated carbocycles. The number of rotatable bonds is 5. The quantitative estimate of drug-likeness (QED) is 0.473. The van der Waals surface area contributed by atoms with E-state index in [4.69, 9.17) is 4.74 Å². The van der Waals surface area contributed by atoms with Crippen LogP contribution in [0.5, 0.6) is 0 Å². The molecule has 0 radical (unpaired) electrons. The summed E-state index contributed by atoms with van der Waals surface area (Å²) in [5.41, 5.74) is 0.344. The summed E-state index contributed by atoms with van der Waals surface area (Å²) in [6, 6.07) is 8.93. The van der Waals surface area contributed by atoms with E-state index >= 15 is 0 Å². The Morgan fingerprint density at radius 3 is 2.64 bits per heavy atom. The fourth-order valence-corrected chi connectivity index (χ4v) is 2.30. The van der Waals surface area contributed by atoms with E-state index in [-0.39, 0.29) is 6.54 Å². The molecule has 25 heavy (non-hydrogen) atoms. The van der Waals surface area contributed by atoms with Gasteiger partial charge in [0.2, 0.25) is 12.0 Å². The number of aliphatic imine (C=N–C) groups is 1. The Morgan fingerprint density at radius 2 is 1.96 bits per heavy atom. The third kappa shape index (κ3) is 4.96. The highest BCUT2D eigenvalue weighted by atomic mass is 16.6. The normalized spacial score (nSPS) is 10.8. The predicted octanol–water partition coefficient (Wildman–Crippen LogP) is 2.25. The van der Waals surface area contributed by atoms with Gasteiger partial charge < -0.3 is 4.74 Å². The Labute approximate surface area is 145 Å². The maximum atomic E-state index is 12.5. The first-order valence-corrected chi connectivity index (χ1v) is 7.71. The molecule has 0 spiro atoms. The monoisotopic (exact) mass is 341 g/mol. The Bertz CT molecular complexity index is 830. The minimum absolute atomic E-state index is 0.305. The Morgan fingerprint density at radius 1 is 1.24 bits per heavy atom. The van der Waals surface area contributed by atoms with Crippen molar-refractivity contribution in [3.63, 3.8) is 0 Å². The van der Waals surface area contributed by atoms with Gasteiger partial charge >= 0.3 is 5.97 Å². The number of anilines is 1. The van der Waals surface area contributed by atoms with Crippen molar-refractivity contribution in [3.05, 3.63) is 36.5 Å². The third-order valence-corrected chi connectivity index (χ3v) is 3.19. The largest absolute Gasteiger partial charge is 0.459 e. The first kappa shape index (κ1) is 18.3. The molecule has 1 aromatic carbocycles. The number of esters is 1. The van der Waals surface area contributed by atoms with Gasteiger partial charge in [-0.2, -0.15) is 4.99 Å². The number of aromatic nitrogens is 1. The van der Waals surface area contributed by atoms with Crippen LogP contribution in [0.15, 0.2) is 41.5 Å². The van der Waals surface area contributed by atoms with Crippen LogP contribution in [0.1, 0.15) is 20.8 Å². The molecule has 7 nitrogen and oxygen atoms in total. The summed E-state index contributed by atoms with van der Waals surface area (Å²) in [5, 5.41) is 0.820. The van der Waals surface area contributed by atoms with Gasteiger partial charge in [-0.1, -0.05) is 18.2 Å². The van der Waals surface area contributed by atoms with E-state index in [0.29, 0.717) is 11.2 Å². The second-order valence-electron chi connectivity index (χ2n) is 6.33. The first-order chi connectivity index (χ1) is 11.8. The van der Waals surface area contributed by atoms with Crippen LogP contribution in [0.25, 0.3) is 10.9 Å². The molecule has 130 valence electrons. The number of para-hydroxylation sites is 1.